The average molecular weight is 325 g/mol. The first-order chi connectivity index (χ1) is 11.7. The molecule has 24 heavy (non-hydrogen) atoms. The highest BCUT2D eigenvalue weighted by atomic mass is 19.1. The van der Waals surface area contributed by atoms with E-state index in [9.17, 15) is 9.18 Å². The van der Waals surface area contributed by atoms with Crippen LogP contribution in [0.2, 0.25) is 0 Å². The second-order valence-electron chi connectivity index (χ2n) is 5.72. The Balaban J connectivity index is 1.40. The van der Waals surface area contributed by atoms with Crippen molar-refractivity contribution in [2.24, 2.45) is 0 Å². The summed E-state index contributed by atoms with van der Waals surface area (Å²) in [6.45, 7) is 1.40. The molecule has 0 atom stereocenters. The maximum Gasteiger partial charge on any atom is 0.220 e. The van der Waals surface area contributed by atoms with Gasteiger partial charge < -0.3 is 9.88 Å². The van der Waals surface area contributed by atoms with Crippen LogP contribution in [-0.4, -0.2) is 22.0 Å². The summed E-state index contributed by atoms with van der Waals surface area (Å²) in [5.41, 5.74) is 2.66. The minimum Gasteiger partial charge on any atom is -0.356 e. The van der Waals surface area contributed by atoms with Crippen LogP contribution < -0.4 is 5.32 Å². The molecule has 3 rings (SSSR count). The highest BCUT2D eigenvalue weighted by Gasteiger charge is 2.06. The fourth-order valence-corrected chi connectivity index (χ4v) is 2.70. The Kier molecular flexibility index (Phi) is 5.21. The summed E-state index contributed by atoms with van der Waals surface area (Å²) in [5, 5.41) is 2.89. The SMILES string of the molecule is O=C(CCc1ccccc1F)NCCCn1cnc2ccccc21. The lowest BCUT2D eigenvalue weighted by Gasteiger charge is -2.07. The van der Waals surface area contributed by atoms with E-state index in [1.165, 1.54) is 6.07 Å². The predicted molar refractivity (Wildman–Crippen MR) is 92.1 cm³/mol. The lowest BCUT2D eigenvalue weighted by molar-refractivity contribution is -0.121. The molecule has 4 nitrogen and oxygen atoms in total. The van der Waals surface area contributed by atoms with Gasteiger partial charge in [-0.15, -0.1) is 0 Å². The predicted octanol–water partition coefficient (Wildman–Crippen LogP) is 3.31. The minimum atomic E-state index is -0.253. The van der Waals surface area contributed by atoms with Crippen LogP contribution >= 0.6 is 0 Å². The molecule has 0 aliphatic rings. The lowest BCUT2D eigenvalue weighted by atomic mass is 10.1. The number of carbonyl (C=O) groups excluding carboxylic acids is 1. The van der Waals surface area contributed by atoms with Crippen LogP contribution in [0.25, 0.3) is 11.0 Å². The number of rotatable bonds is 7. The van der Waals surface area contributed by atoms with Crippen molar-refractivity contribution in [1.82, 2.24) is 14.9 Å². The van der Waals surface area contributed by atoms with Crippen LogP contribution in [-0.2, 0) is 17.8 Å². The van der Waals surface area contributed by atoms with Gasteiger partial charge in [0.05, 0.1) is 17.4 Å². The maximum atomic E-state index is 13.5. The molecule has 0 spiro atoms. The molecule has 1 heterocycles. The summed E-state index contributed by atoms with van der Waals surface area (Å²) in [4.78, 5) is 16.2. The van der Waals surface area contributed by atoms with E-state index < -0.39 is 0 Å². The fraction of sp³-hybridized carbons (Fsp3) is 0.263. The van der Waals surface area contributed by atoms with Crippen LogP contribution in [0.3, 0.4) is 0 Å². The smallest absolute Gasteiger partial charge is 0.220 e. The number of hydrogen-bond acceptors (Lipinski definition) is 2. The minimum absolute atomic E-state index is 0.0475. The number of benzene rings is 2. The Morgan fingerprint density at radius 2 is 1.92 bits per heavy atom. The van der Waals surface area contributed by atoms with Gasteiger partial charge in [-0.1, -0.05) is 30.3 Å². The Morgan fingerprint density at radius 1 is 1.12 bits per heavy atom. The number of hydrogen-bond donors (Lipinski definition) is 1. The second-order valence-corrected chi connectivity index (χ2v) is 5.72. The number of nitrogens with zero attached hydrogens (tertiary/aromatic N) is 2. The molecule has 0 bridgehead atoms. The van der Waals surface area contributed by atoms with E-state index in [4.69, 9.17) is 0 Å². The number of carbonyl (C=O) groups is 1. The van der Waals surface area contributed by atoms with Crippen molar-refractivity contribution >= 4 is 16.9 Å². The van der Waals surface area contributed by atoms with Crippen molar-refractivity contribution in [3.63, 3.8) is 0 Å². The molecule has 0 saturated carbocycles. The first-order valence-electron chi connectivity index (χ1n) is 8.14. The van der Waals surface area contributed by atoms with Gasteiger partial charge in [-0.3, -0.25) is 4.79 Å². The van der Waals surface area contributed by atoms with E-state index in [0.717, 1.165) is 24.0 Å². The summed E-state index contributed by atoms with van der Waals surface area (Å²) in [7, 11) is 0. The molecule has 0 fully saturated rings. The molecule has 2 aromatic carbocycles. The number of amides is 1. The molecule has 124 valence electrons. The molecule has 1 amide bonds. The first-order valence-corrected chi connectivity index (χ1v) is 8.14. The van der Waals surface area contributed by atoms with Crippen LogP contribution in [0.15, 0.2) is 54.9 Å². The summed E-state index contributed by atoms with van der Waals surface area (Å²) in [6.07, 6.45) is 3.37. The number of aromatic nitrogens is 2. The van der Waals surface area contributed by atoms with Crippen molar-refractivity contribution in [1.29, 1.82) is 0 Å². The number of halogens is 1. The van der Waals surface area contributed by atoms with Gasteiger partial charge >= 0.3 is 0 Å². The largest absolute Gasteiger partial charge is 0.356 e. The van der Waals surface area contributed by atoms with Gasteiger partial charge in [-0.2, -0.15) is 0 Å². The molecule has 5 heteroatoms. The van der Waals surface area contributed by atoms with Gasteiger partial charge in [0.15, 0.2) is 0 Å². The normalized spacial score (nSPS) is 10.9. The van der Waals surface area contributed by atoms with E-state index in [2.05, 4.69) is 14.9 Å². The van der Waals surface area contributed by atoms with Crippen LogP contribution in [0.1, 0.15) is 18.4 Å². The van der Waals surface area contributed by atoms with E-state index in [1.54, 1.807) is 18.2 Å². The highest BCUT2D eigenvalue weighted by Crippen LogP contribution is 2.12. The number of para-hydroxylation sites is 2. The van der Waals surface area contributed by atoms with Crippen molar-refractivity contribution in [2.45, 2.75) is 25.8 Å². The molecular weight excluding hydrogens is 305 g/mol. The van der Waals surface area contributed by atoms with E-state index in [1.807, 2.05) is 30.6 Å². The average Bonchev–Trinajstić information content (AvgIpc) is 3.01. The monoisotopic (exact) mass is 325 g/mol. The summed E-state index contributed by atoms with van der Waals surface area (Å²) < 4.78 is 15.6. The lowest BCUT2D eigenvalue weighted by Crippen LogP contribution is -2.25. The topological polar surface area (TPSA) is 46.9 Å². The number of fused-ring (bicyclic) bond motifs is 1. The maximum absolute atomic E-state index is 13.5. The molecule has 1 N–H and O–H groups in total. The van der Waals surface area contributed by atoms with Gasteiger partial charge in [-0.25, -0.2) is 9.37 Å². The van der Waals surface area contributed by atoms with Crippen LogP contribution in [0.5, 0.6) is 0 Å². The molecule has 0 unspecified atom stereocenters. The molecule has 0 aliphatic heterocycles. The summed E-state index contributed by atoms with van der Waals surface area (Å²) in [5.74, 6) is -0.300. The summed E-state index contributed by atoms with van der Waals surface area (Å²) >= 11 is 0. The third kappa shape index (κ3) is 3.98. The molecule has 0 aliphatic carbocycles. The summed E-state index contributed by atoms with van der Waals surface area (Å²) in [6, 6.07) is 14.5. The Bertz CT molecular complexity index is 828. The van der Waals surface area contributed by atoms with Gasteiger partial charge in [0.1, 0.15) is 5.82 Å². The number of imidazole rings is 1. The highest BCUT2D eigenvalue weighted by molar-refractivity contribution is 5.76. The molecular formula is C19H20FN3O. The van der Waals surface area contributed by atoms with Crippen molar-refractivity contribution < 1.29 is 9.18 Å². The van der Waals surface area contributed by atoms with Gasteiger partial charge in [-0.05, 0) is 36.6 Å². The molecule has 0 radical (unpaired) electrons. The van der Waals surface area contributed by atoms with E-state index >= 15 is 0 Å². The van der Waals surface area contributed by atoms with Gasteiger partial charge in [0.25, 0.3) is 0 Å². The third-order valence-corrected chi connectivity index (χ3v) is 4.00. The van der Waals surface area contributed by atoms with E-state index in [-0.39, 0.29) is 11.7 Å². The van der Waals surface area contributed by atoms with Crippen molar-refractivity contribution in [2.75, 3.05) is 6.54 Å². The van der Waals surface area contributed by atoms with Gasteiger partial charge in [0, 0.05) is 19.5 Å². The fourth-order valence-electron chi connectivity index (χ4n) is 2.70. The Hall–Kier alpha value is -2.69. The number of nitrogens with one attached hydrogen (secondary N) is 1. The molecule has 0 saturated heterocycles. The molecule has 3 aromatic rings. The molecule has 1 aromatic heterocycles. The zero-order chi connectivity index (χ0) is 16.8. The third-order valence-electron chi connectivity index (χ3n) is 4.00. The zero-order valence-corrected chi connectivity index (χ0v) is 13.4. The van der Waals surface area contributed by atoms with Gasteiger partial charge in [0.2, 0.25) is 5.91 Å². The number of aryl methyl sites for hydroxylation is 2. The van der Waals surface area contributed by atoms with Crippen molar-refractivity contribution in [3.05, 3.63) is 66.2 Å². The van der Waals surface area contributed by atoms with Crippen molar-refractivity contribution in [3.8, 4) is 0 Å². The van der Waals surface area contributed by atoms with E-state index in [0.29, 0.717) is 24.9 Å². The zero-order valence-electron chi connectivity index (χ0n) is 13.4. The van der Waals surface area contributed by atoms with Crippen LogP contribution in [0, 0.1) is 5.82 Å². The Morgan fingerprint density at radius 3 is 2.79 bits per heavy atom. The standard InChI is InChI=1S/C19H20FN3O/c20-16-7-2-1-6-15(16)10-11-19(24)21-12-5-13-23-14-22-17-8-3-4-9-18(17)23/h1-4,6-9,14H,5,10-13H2,(H,21,24). The second kappa shape index (κ2) is 7.73. The van der Waals surface area contributed by atoms with Crippen LogP contribution in [0.4, 0.5) is 4.39 Å². The first kappa shape index (κ1) is 16.2. The quantitative estimate of drug-likeness (QED) is 0.678. The Labute approximate surface area is 140 Å².